The lowest BCUT2D eigenvalue weighted by Crippen LogP contribution is -2.46. The summed E-state index contributed by atoms with van der Waals surface area (Å²) in [4.78, 5) is 0.927. The first-order valence-electron chi connectivity index (χ1n) is 13.5. The second kappa shape index (κ2) is 12.2. The third-order valence-electron chi connectivity index (χ3n) is 7.13. The Morgan fingerprint density at radius 1 is 0.488 bits per heavy atom. The van der Waals surface area contributed by atoms with Crippen LogP contribution in [-0.2, 0) is 12.8 Å². The molecule has 2 aliphatic heterocycles. The van der Waals surface area contributed by atoms with Crippen LogP contribution in [0.1, 0.15) is 11.1 Å². The second-order valence-corrected chi connectivity index (χ2v) is 11.3. The molecule has 0 saturated carbocycles. The molecule has 8 heteroatoms. The zero-order valence-corrected chi connectivity index (χ0v) is 24.1. The molecule has 0 fully saturated rings. The average Bonchev–Trinajstić information content (AvgIpc) is 2.98. The minimum atomic E-state index is -0.695. The summed E-state index contributed by atoms with van der Waals surface area (Å²) in [5, 5.41) is 6.96. The topological polar surface area (TPSA) is 61.0 Å². The van der Waals surface area contributed by atoms with E-state index >= 15 is 0 Å². The Morgan fingerprint density at radius 2 is 0.854 bits per heavy atom. The fourth-order valence-corrected chi connectivity index (χ4v) is 5.44. The molecule has 2 aliphatic rings. The highest BCUT2D eigenvalue weighted by atomic mass is 32.1. The van der Waals surface area contributed by atoms with Crippen LogP contribution >= 0.6 is 24.4 Å². The Bertz CT molecular complexity index is 1340. The molecule has 0 aromatic heterocycles. The Balaban J connectivity index is 1.42. The van der Waals surface area contributed by atoms with E-state index in [1.807, 2.05) is 84.9 Å². The van der Waals surface area contributed by atoms with Gasteiger partial charge in [0.1, 0.15) is 54.8 Å². The van der Waals surface area contributed by atoms with Gasteiger partial charge >= 0.3 is 0 Å². The molecule has 2 heterocycles. The van der Waals surface area contributed by atoms with Gasteiger partial charge in [-0.25, -0.2) is 0 Å². The lowest BCUT2D eigenvalue weighted by molar-refractivity contribution is -0.00361. The largest absolute Gasteiger partial charge is 0.492 e. The third-order valence-corrected chi connectivity index (χ3v) is 7.62. The van der Waals surface area contributed by atoms with E-state index in [9.17, 15) is 0 Å². The van der Waals surface area contributed by atoms with Crippen molar-refractivity contribution < 1.29 is 18.9 Å². The first-order chi connectivity index (χ1) is 20.1. The Morgan fingerprint density at radius 3 is 1.32 bits per heavy atom. The van der Waals surface area contributed by atoms with Gasteiger partial charge in [0.05, 0.1) is 11.4 Å². The minimum Gasteiger partial charge on any atom is -0.492 e. The molecule has 4 aromatic rings. The van der Waals surface area contributed by atoms with Crippen molar-refractivity contribution in [1.29, 1.82) is 0 Å². The van der Waals surface area contributed by atoms with Gasteiger partial charge in [0.25, 0.3) is 0 Å². The SMILES string of the molecule is S=C1Cc2ccccc2OCC2(COc3ccccc3C1)COc1ccccc1NC(=S)Nc1ccccc1OC2. The second-order valence-electron chi connectivity index (χ2n) is 10.3. The summed E-state index contributed by atoms with van der Waals surface area (Å²) >= 11 is 11.4. The van der Waals surface area contributed by atoms with Crippen LogP contribution in [0.3, 0.4) is 0 Å². The first-order valence-corrected chi connectivity index (χ1v) is 14.3. The summed E-state index contributed by atoms with van der Waals surface area (Å²) in [5.41, 5.74) is 2.94. The minimum absolute atomic E-state index is 0.275. The zero-order valence-electron chi connectivity index (χ0n) is 22.4. The summed E-state index contributed by atoms with van der Waals surface area (Å²) in [5.74, 6) is 2.93. The van der Waals surface area contributed by atoms with Crippen molar-refractivity contribution in [2.45, 2.75) is 12.8 Å². The van der Waals surface area contributed by atoms with E-state index in [4.69, 9.17) is 43.4 Å². The first kappa shape index (κ1) is 27.1. The maximum atomic E-state index is 6.56. The number of thiocarbonyl (C=S) groups is 2. The number of hydrogen-bond donors (Lipinski definition) is 2. The molecule has 208 valence electrons. The van der Waals surface area contributed by atoms with Gasteiger partial charge in [0, 0.05) is 17.7 Å². The fraction of sp³-hybridized carbons (Fsp3) is 0.212. The highest BCUT2D eigenvalue weighted by molar-refractivity contribution is 7.80. The van der Waals surface area contributed by atoms with Crippen molar-refractivity contribution in [1.82, 2.24) is 0 Å². The van der Waals surface area contributed by atoms with E-state index in [2.05, 4.69) is 22.8 Å². The summed E-state index contributed by atoms with van der Waals surface area (Å²) in [6.07, 6.45) is 1.27. The standard InChI is InChI=1S/C33H30N2O4S2/c40-25-17-23-9-1-5-13-28(23)36-19-33(20-37-29-14-6-2-10-24(29)18-25)21-38-30-15-7-3-11-26(30)34-32(41)35-27-12-4-8-16-31(27)39-22-33/h1-16H,17-22H2,(H2,34,35,41). The fourth-order valence-electron chi connectivity index (χ4n) is 4.91. The van der Waals surface area contributed by atoms with Crippen LogP contribution in [0.5, 0.6) is 23.0 Å². The van der Waals surface area contributed by atoms with Crippen molar-refractivity contribution in [3.05, 3.63) is 108 Å². The molecule has 0 saturated heterocycles. The maximum Gasteiger partial charge on any atom is 0.175 e. The molecule has 0 radical (unpaired) electrons. The predicted molar refractivity (Wildman–Crippen MR) is 170 cm³/mol. The molecule has 41 heavy (non-hydrogen) atoms. The lowest BCUT2D eigenvalue weighted by Gasteiger charge is -2.34. The quantitative estimate of drug-likeness (QED) is 0.218. The van der Waals surface area contributed by atoms with Gasteiger partial charge in [-0.15, -0.1) is 0 Å². The Labute approximate surface area is 250 Å². The van der Waals surface area contributed by atoms with E-state index < -0.39 is 5.41 Å². The van der Waals surface area contributed by atoms with Crippen LogP contribution in [0, 0.1) is 5.41 Å². The average molecular weight is 583 g/mol. The van der Waals surface area contributed by atoms with Crippen LogP contribution in [0.25, 0.3) is 0 Å². The normalized spacial score (nSPS) is 16.7. The van der Waals surface area contributed by atoms with Crippen molar-refractivity contribution in [3.63, 3.8) is 0 Å². The number of fused-ring (bicyclic) bond motifs is 4. The van der Waals surface area contributed by atoms with Crippen molar-refractivity contribution in [2.24, 2.45) is 5.41 Å². The van der Waals surface area contributed by atoms with Gasteiger partial charge in [0.2, 0.25) is 0 Å². The van der Waals surface area contributed by atoms with Crippen molar-refractivity contribution >= 4 is 45.8 Å². The number of benzene rings is 4. The van der Waals surface area contributed by atoms with Crippen LogP contribution in [0.2, 0.25) is 0 Å². The van der Waals surface area contributed by atoms with Gasteiger partial charge in [-0.3, -0.25) is 0 Å². The zero-order chi connectivity index (χ0) is 28.1. The van der Waals surface area contributed by atoms with E-state index in [1.54, 1.807) is 0 Å². The monoisotopic (exact) mass is 582 g/mol. The van der Waals surface area contributed by atoms with Gasteiger partial charge in [-0.05, 0) is 59.7 Å². The Hall–Kier alpha value is -4.14. The molecule has 4 aromatic carbocycles. The molecule has 0 amide bonds. The third kappa shape index (κ3) is 6.45. The van der Waals surface area contributed by atoms with Crippen LogP contribution in [0.4, 0.5) is 11.4 Å². The highest BCUT2D eigenvalue weighted by Gasteiger charge is 2.37. The predicted octanol–water partition coefficient (Wildman–Crippen LogP) is 6.88. The summed E-state index contributed by atoms with van der Waals surface area (Å²) in [6.45, 7) is 1.14. The van der Waals surface area contributed by atoms with E-state index in [-0.39, 0.29) is 13.2 Å². The molecule has 0 unspecified atom stereocenters. The van der Waals surface area contributed by atoms with Crippen molar-refractivity contribution in [3.8, 4) is 23.0 Å². The maximum absolute atomic E-state index is 6.56. The van der Waals surface area contributed by atoms with Crippen LogP contribution in [0.15, 0.2) is 97.1 Å². The molecule has 2 N–H and O–H groups in total. The van der Waals surface area contributed by atoms with E-state index in [0.717, 1.165) is 38.9 Å². The van der Waals surface area contributed by atoms with Crippen molar-refractivity contribution in [2.75, 3.05) is 37.1 Å². The number of hydrogen-bond acceptors (Lipinski definition) is 6. The number of ether oxygens (including phenoxy) is 4. The molecule has 0 bridgehead atoms. The summed E-state index contributed by atoms with van der Waals surface area (Å²) in [7, 11) is 0. The number of para-hydroxylation sites is 6. The molecule has 0 atom stereocenters. The van der Waals surface area contributed by atoms with Gasteiger partial charge in [0.15, 0.2) is 5.11 Å². The smallest absolute Gasteiger partial charge is 0.175 e. The van der Waals surface area contributed by atoms with E-state index in [1.165, 1.54) is 0 Å². The van der Waals surface area contributed by atoms with Gasteiger partial charge in [-0.1, -0.05) is 72.9 Å². The van der Waals surface area contributed by atoms with Crippen LogP contribution < -0.4 is 29.6 Å². The Kier molecular flexibility index (Phi) is 8.02. The highest BCUT2D eigenvalue weighted by Crippen LogP contribution is 2.34. The number of rotatable bonds is 0. The number of nitrogens with one attached hydrogen (secondary N) is 2. The number of anilines is 2. The van der Waals surface area contributed by atoms with Crippen LogP contribution in [-0.4, -0.2) is 36.4 Å². The summed E-state index contributed by atoms with van der Waals surface area (Å²) < 4.78 is 26.1. The summed E-state index contributed by atoms with van der Waals surface area (Å²) in [6, 6.07) is 31.6. The molecule has 6 rings (SSSR count). The molecule has 6 nitrogen and oxygen atoms in total. The molecular formula is C33H30N2O4S2. The molecular weight excluding hydrogens is 553 g/mol. The van der Waals surface area contributed by atoms with Gasteiger partial charge < -0.3 is 29.6 Å². The molecule has 1 spiro atoms. The van der Waals surface area contributed by atoms with E-state index in [0.29, 0.717) is 42.7 Å². The van der Waals surface area contributed by atoms with Gasteiger partial charge in [-0.2, -0.15) is 0 Å². The molecule has 0 aliphatic carbocycles. The lowest BCUT2D eigenvalue weighted by atomic mass is 9.91.